The third-order valence-corrected chi connectivity index (χ3v) is 5.86. The summed E-state index contributed by atoms with van der Waals surface area (Å²) in [6, 6.07) is 0. The molecular formula is C27H38N8O2. The van der Waals surface area contributed by atoms with Crippen LogP contribution in [0.3, 0.4) is 0 Å². The summed E-state index contributed by atoms with van der Waals surface area (Å²) >= 11 is 0. The van der Waals surface area contributed by atoms with Gasteiger partial charge in [-0.2, -0.15) is 5.10 Å². The van der Waals surface area contributed by atoms with Gasteiger partial charge < -0.3 is 16.0 Å². The number of hydrogen-bond acceptors (Lipinski definition) is 7. The standard InChI is InChI=1S/C27H38N8O2/c1-7-18(6)12-20(14-28-8-2)32-25-23(33-21(15-29-25)19-10-11-19)26(36)34-22-16-31-35(9-3)24(22)27(37)30-13-17(4)5/h8,12,14-17,19H,7,9-11,13H2,1-6H3,(H,29,32)(H,30,37)(H,34,36)/b18-12+,20-14+,28-8?. The van der Waals surface area contributed by atoms with E-state index in [4.69, 9.17) is 0 Å². The molecule has 10 heteroatoms. The van der Waals surface area contributed by atoms with Crippen molar-refractivity contribution in [1.82, 2.24) is 25.1 Å². The summed E-state index contributed by atoms with van der Waals surface area (Å²) in [4.78, 5) is 39.9. The lowest BCUT2D eigenvalue weighted by molar-refractivity contribution is 0.0939. The van der Waals surface area contributed by atoms with Gasteiger partial charge in [0.1, 0.15) is 5.69 Å². The molecule has 3 N–H and O–H groups in total. The smallest absolute Gasteiger partial charge is 0.278 e. The normalized spacial score (nSPS) is 14.4. The average Bonchev–Trinajstić information content (AvgIpc) is 3.66. The van der Waals surface area contributed by atoms with Gasteiger partial charge in [-0.15, -0.1) is 0 Å². The van der Waals surface area contributed by atoms with Crippen LogP contribution in [0.1, 0.15) is 93.4 Å². The van der Waals surface area contributed by atoms with Gasteiger partial charge in [-0.25, -0.2) is 9.97 Å². The van der Waals surface area contributed by atoms with Gasteiger partial charge in [0.2, 0.25) is 0 Å². The van der Waals surface area contributed by atoms with Gasteiger partial charge >= 0.3 is 0 Å². The maximum Gasteiger partial charge on any atom is 0.278 e. The largest absolute Gasteiger partial charge is 0.350 e. The van der Waals surface area contributed by atoms with Gasteiger partial charge in [0.25, 0.3) is 11.8 Å². The molecule has 0 bridgehead atoms. The van der Waals surface area contributed by atoms with E-state index in [-0.39, 0.29) is 11.6 Å². The average molecular weight is 507 g/mol. The summed E-state index contributed by atoms with van der Waals surface area (Å²) in [5.41, 5.74) is 3.39. The number of anilines is 2. The van der Waals surface area contributed by atoms with E-state index in [1.807, 2.05) is 40.7 Å². The summed E-state index contributed by atoms with van der Waals surface area (Å²) in [7, 11) is 0. The van der Waals surface area contributed by atoms with Crippen molar-refractivity contribution in [1.29, 1.82) is 0 Å². The number of aryl methyl sites for hydroxylation is 1. The molecule has 198 valence electrons. The third-order valence-electron chi connectivity index (χ3n) is 5.86. The Balaban J connectivity index is 1.95. The number of carbonyl (C=O) groups excluding carboxylic acids is 2. The first-order valence-electron chi connectivity index (χ1n) is 12.9. The van der Waals surface area contributed by atoms with Crippen molar-refractivity contribution in [3.63, 3.8) is 0 Å². The zero-order chi connectivity index (χ0) is 26.9. The van der Waals surface area contributed by atoms with Crippen molar-refractivity contribution >= 4 is 29.5 Å². The van der Waals surface area contributed by atoms with Crippen LogP contribution in [-0.2, 0) is 6.54 Å². The number of allylic oxidation sites excluding steroid dienone is 2. The minimum Gasteiger partial charge on any atom is -0.350 e. The van der Waals surface area contributed by atoms with Gasteiger partial charge in [-0.05, 0) is 52.0 Å². The molecule has 3 rings (SSSR count). The molecule has 1 aliphatic rings. The highest BCUT2D eigenvalue weighted by Gasteiger charge is 2.28. The van der Waals surface area contributed by atoms with Crippen LogP contribution < -0.4 is 16.0 Å². The van der Waals surface area contributed by atoms with E-state index in [0.717, 1.165) is 30.5 Å². The fraction of sp³-hybridized carbons (Fsp3) is 0.481. The Bertz CT molecular complexity index is 1200. The first-order valence-corrected chi connectivity index (χ1v) is 12.9. The molecule has 1 aliphatic carbocycles. The molecule has 0 saturated heterocycles. The van der Waals surface area contributed by atoms with Crippen LogP contribution in [-0.4, -0.2) is 44.3 Å². The molecule has 37 heavy (non-hydrogen) atoms. The molecule has 2 aromatic rings. The Kier molecular flexibility index (Phi) is 9.71. The minimum atomic E-state index is -0.472. The predicted octanol–water partition coefficient (Wildman–Crippen LogP) is 4.91. The molecule has 2 heterocycles. The molecule has 1 saturated carbocycles. The fourth-order valence-electron chi connectivity index (χ4n) is 3.51. The topological polar surface area (TPSA) is 126 Å². The molecule has 2 aromatic heterocycles. The van der Waals surface area contributed by atoms with Crippen LogP contribution in [0.15, 0.2) is 40.9 Å². The molecule has 0 aliphatic heterocycles. The summed E-state index contributed by atoms with van der Waals surface area (Å²) < 4.78 is 1.57. The number of nitrogens with zero attached hydrogens (tertiary/aromatic N) is 5. The summed E-state index contributed by atoms with van der Waals surface area (Å²) in [6.45, 7) is 12.9. The number of carbonyl (C=O) groups is 2. The van der Waals surface area contributed by atoms with Gasteiger partial charge in [-0.1, -0.05) is 26.3 Å². The highest BCUT2D eigenvalue weighted by atomic mass is 16.2. The number of rotatable bonds is 12. The molecule has 0 unspecified atom stereocenters. The second-order valence-electron chi connectivity index (χ2n) is 9.51. The van der Waals surface area contributed by atoms with E-state index in [2.05, 4.69) is 42.9 Å². The lowest BCUT2D eigenvalue weighted by Crippen LogP contribution is -2.30. The highest BCUT2D eigenvalue weighted by molar-refractivity contribution is 6.09. The van der Waals surface area contributed by atoms with E-state index in [1.54, 1.807) is 23.3 Å². The first-order chi connectivity index (χ1) is 17.8. The zero-order valence-corrected chi connectivity index (χ0v) is 22.6. The maximum atomic E-state index is 13.6. The van der Waals surface area contributed by atoms with Crippen molar-refractivity contribution < 1.29 is 9.59 Å². The Morgan fingerprint density at radius 3 is 2.57 bits per heavy atom. The van der Waals surface area contributed by atoms with E-state index in [9.17, 15) is 9.59 Å². The molecule has 2 amide bonds. The van der Waals surface area contributed by atoms with E-state index >= 15 is 0 Å². The number of aliphatic imine (C=N–C) groups is 1. The second-order valence-corrected chi connectivity index (χ2v) is 9.51. The van der Waals surface area contributed by atoms with E-state index < -0.39 is 5.91 Å². The Hall–Kier alpha value is -3.82. The number of nitrogens with one attached hydrogen (secondary N) is 3. The Morgan fingerprint density at radius 1 is 1.19 bits per heavy atom. The summed E-state index contributed by atoms with van der Waals surface area (Å²) in [6.07, 6.45) is 11.5. The predicted molar refractivity (Wildman–Crippen MR) is 147 cm³/mol. The Morgan fingerprint density at radius 2 is 1.95 bits per heavy atom. The zero-order valence-electron chi connectivity index (χ0n) is 22.6. The van der Waals surface area contributed by atoms with E-state index in [0.29, 0.717) is 47.8 Å². The summed E-state index contributed by atoms with van der Waals surface area (Å²) in [5.74, 6) is 0.158. The van der Waals surface area contributed by atoms with Crippen LogP contribution >= 0.6 is 0 Å². The molecule has 1 fully saturated rings. The monoisotopic (exact) mass is 506 g/mol. The van der Waals surface area contributed by atoms with Gasteiger partial charge in [0, 0.05) is 31.4 Å². The summed E-state index contributed by atoms with van der Waals surface area (Å²) in [5, 5.41) is 13.3. The lowest BCUT2D eigenvalue weighted by atomic mass is 10.2. The third kappa shape index (κ3) is 7.58. The van der Waals surface area contributed by atoms with Crippen LogP contribution in [0.25, 0.3) is 0 Å². The Labute approximate surface area is 218 Å². The molecule has 0 atom stereocenters. The molecular weight excluding hydrogens is 468 g/mol. The van der Waals surface area contributed by atoms with Crippen molar-refractivity contribution in [3.05, 3.63) is 53.0 Å². The fourth-order valence-corrected chi connectivity index (χ4v) is 3.51. The van der Waals surface area contributed by atoms with Crippen LogP contribution in [0.5, 0.6) is 0 Å². The van der Waals surface area contributed by atoms with Crippen molar-refractivity contribution in [3.8, 4) is 0 Å². The molecule has 0 spiro atoms. The second kappa shape index (κ2) is 12.9. The highest BCUT2D eigenvalue weighted by Crippen LogP contribution is 2.39. The van der Waals surface area contributed by atoms with Gasteiger partial charge in [0.05, 0.1) is 29.5 Å². The van der Waals surface area contributed by atoms with Crippen LogP contribution in [0.4, 0.5) is 11.5 Å². The van der Waals surface area contributed by atoms with Crippen LogP contribution in [0.2, 0.25) is 0 Å². The van der Waals surface area contributed by atoms with Crippen LogP contribution in [0, 0.1) is 5.92 Å². The van der Waals surface area contributed by atoms with Crippen molar-refractivity contribution in [2.45, 2.75) is 73.3 Å². The van der Waals surface area contributed by atoms with Crippen molar-refractivity contribution in [2.75, 3.05) is 17.2 Å². The SMILES string of the molecule is CC=N/C=C(\C=C(/C)CC)Nc1ncc(C2CC2)nc1C(=O)Nc1cnn(CC)c1C(=O)NCC(C)C. The minimum absolute atomic E-state index is 0.149. The lowest BCUT2D eigenvalue weighted by Gasteiger charge is -2.14. The molecule has 10 nitrogen and oxygen atoms in total. The van der Waals surface area contributed by atoms with Gasteiger partial charge in [0.15, 0.2) is 11.5 Å². The maximum absolute atomic E-state index is 13.6. The molecule has 0 aromatic carbocycles. The number of aromatic nitrogens is 4. The van der Waals surface area contributed by atoms with Crippen molar-refractivity contribution in [2.24, 2.45) is 10.9 Å². The number of amides is 2. The number of hydrogen-bond donors (Lipinski definition) is 3. The van der Waals surface area contributed by atoms with E-state index in [1.165, 1.54) is 6.20 Å². The quantitative estimate of drug-likeness (QED) is 0.277. The first kappa shape index (κ1) is 27.8. The molecule has 0 radical (unpaired) electrons. The van der Waals surface area contributed by atoms with Gasteiger partial charge in [-0.3, -0.25) is 19.3 Å².